The number of anilines is 1. The third-order valence-corrected chi connectivity index (χ3v) is 6.83. The number of pyridine rings is 1. The Morgan fingerprint density at radius 2 is 1.97 bits per heavy atom. The lowest BCUT2D eigenvalue weighted by molar-refractivity contribution is 0.0654. The fourth-order valence-corrected chi connectivity index (χ4v) is 4.51. The zero-order chi connectivity index (χ0) is 26.4. The molecule has 194 valence electrons. The number of nitrogens with zero attached hydrogens (tertiary/aromatic N) is 4. The van der Waals surface area contributed by atoms with Crippen LogP contribution in [0.5, 0.6) is 23.1 Å². The Morgan fingerprint density at radius 3 is 2.59 bits per heavy atom. The van der Waals surface area contributed by atoms with Crippen LogP contribution in [0.3, 0.4) is 0 Å². The SMILES string of the molecule is COc1ccccc1Oc1c(NS(=O)(=O)c2ccc(C(C)C)cn2)nc(C#N)nc1OCC1CCCO1. The Morgan fingerprint density at radius 1 is 1.19 bits per heavy atom. The second kappa shape index (κ2) is 11.4. The van der Waals surface area contributed by atoms with Gasteiger partial charge in [0.2, 0.25) is 11.6 Å². The molecule has 1 unspecified atom stereocenters. The van der Waals surface area contributed by atoms with E-state index in [9.17, 15) is 13.7 Å². The van der Waals surface area contributed by atoms with Crippen LogP contribution in [-0.2, 0) is 14.8 Å². The molecule has 1 N–H and O–H groups in total. The lowest BCUT2D eigenvalue weighted by Gasteiger charge is -2.18. The van der Waals surface area contributed by atoms with Gasteiger partial charge in [0.15, 0.2) is 22.3 Å². The van der Waals surface area contributed by atoms with E-state index in [4.69, 9.17) is 18.9 Å². The van der Waals surface area contributed by atoms with Crippen molar-refractivity contribution in [3.05, 3.63) is 54.0 Å². The largest absolute Gasteiger partial charge is 0.493 e. The molecule has 2 aromatic heterocycles. The van der Waals surface area contributed by atoms with Crippen molar-refractivity contribution >= 4 is 15.8 Å². The summed E-state index contributed by atoms with van der Waals surface area (Å²) < 4.78 is 51.7. The molecule has 0 radical (unpaired) electrons. The number of methoxy groups -OCH3 is 1. The molecule has 1 atom stereocenters. The highest BCUT2D eigenvalue weighted by Gasteiger charge is 2.27. The van der Waals surface area contributed by atoms with Crippen molar-refractivity contribution in [1.29, 1.82) is 5.26 Å². The van der Waals surface area contributed by atoms with Gasteiger partial charge in [0.25, 0.3) is 15.9 Å². The van der Waals surface area contributed by atoms with Gasteiger partial charge in [0.1, 0.15) is 12.7 Å². The van der Waals surface area contributed by atoms with Crippen LogP contribution >= 0.6 is 0 Å². The minimum atomic E-state index is -4.21. The minimum Gasteiger partial charge on any atom is -0.493 e. The Kier molecular flexibility index (Phi) is 8.05. The molecule has 1 saturated heterocycles. The zero-order valence-electron chi connectivity index (χ0n) is 20.7. The number of aromatic nitrogens is 3. The van der Waals surface area contributed by atoms with Gasteiger partial charge in [-0.25, -0.2) is 4.98 Å². The Balaban J connectivity index is 1.75. The fraction of sp³-hybridized carbons (Fsp3) is 0.360. The highest BCUT2D eigenvalue weighted by atomic mass is 32.2. The Labute approximate surface area is 215 Å². The maximum Gasteiger partial charge on any atom is 0.280 e. The van der Waals surface area contributed by atoms with Gasteiger partial charge in [-0.1, -0.05) is 32.0 Å². The van der Waals surface area contributed by atoms with E-state index in [-0.39, 0.29) is 52.7 Å². The summed E-state index contributed by atoms with van der Waals surface area (Å²) in [7, 11) is -2.74. The molecule has 0 bridgehead atoms. The first kappa shape index (κ1) is 26.1. The van der Waals surface area contributed by atoms with Gasteiger partial charge in [0.05, 0.1) is 13.2 Å². The number of hydrogen-bond donors (Lipinski definition) is 1. The molecule has 0 saturated carbocycles. The Bertz CT molecular complexity index is 1380. The topological polar surface area (TPSA) is 146 Å². The van der Waals surface area contributed by atoms with Crippen molar-refractivity contribution in [2.75, 3.05) is 25.0 Å². The normalized spacial score (nSPS) is 15.3. The van der Waals surface area contributed by atoms with E-state index in [1.165, 1.54) is 19.4 Å². The summed E-state index contributed by atoms with van der Waals surface area (Å²) >= 11 is 0. The van der Waals surface area contributed by atoms with Gasteiger partial charge >= 0.3 is 0 Å². The molecule has 37 heavy (non-hydrogen) atoms. The first-order valence-corrected chi connectivity index (χ1v) is 13.1. The van der Waals surface area contributed by atoms with Gasteiger partial charge in [-0.05, 0) is 42.5 Å². The standard InChI is InChI=1S/C25H27N5O6S/c1-16(2)17-10-11-22(27-14-17)37(31,32)30-24-23(36-20-9-5-4-8-19(20)33-3)25(29-21(13-26)28-24)35-15-18-7-6-12-34-18/h4-5,8-11,14,16,18H,6-7,12,15H2,1-3H3,(H,28,29,30). The van der Waals surface area contributed by atoms with Gasteiger partial charge in [-0.2, -0.15) is 23.6 Å². The number of rotatable bonds is 10. The van der Waals surface area contributed by atoms with Crippen LogP contribution in [0.25, 0.3) is 0 Å². The van der Waals surface area contributed by atoms with Crippen molar-refractivity contribution in [1.82, 2.24) is 15.0 Å². The quantitative estimate of drug-likeness (QED) is 0.412. The molecule has 4 rings (SSSR count). The average Bonchev–Trinajstić information content (AvgIpc) is 3.42. The molecule has 1 fully saturated rings. The van der Waals surface area contributed by atoms with Crippen LogP contribution in [-0.4, -0.2) is 49.8 Å². The van der Waals surface area contributed by atoms with Gasteiger partial charge in [0, 0.05) is 12.8 Å². The average molecular weight is 526 g/mol. The molecule has 3 aromatic rings. The third kappa shape index (κ3) is 6.25. The lowest BCUT2D eigenvalue weighted by Crippen LogP contribution is -2.19. The zero-order valence-corrected chi connectivity index (χ0v) is 21.5. The van der Waals surface area contributed by atoms with Gasteiger partial charge in [-0.15, -0.1) is 0 Å². The number of nitriles is 1. The van der Waals surface area contributed by atoms with Crippen molar-refractivity contribution < 1.29 is 27.4 Å². The van der Waals surface area contributed by atoms with Crippen molar-refractivity contribution in [3.63, 3.8) is 0 Å². The minimum absolute atomic E-state index is 0.117. The lowest BCUT2D eigenvalue weighted by atomic mass is 10.1. The van der Waals surface area contributed by atoms with Gasteiger partial charge < -0.3 is 18.9 Å². The third-order valence-electron chi connectivity index (χ3n) is 5.58. The first-order valence-electron chi connectivity index (χ1n) is 11.7. The van der Waals surface area contributed by atoms with Gasteiger partial charge in [-0.3, -0.25) is 4.72 Å². The summed E-state index contributed by atoms with van der Waals surface area (Å²) in [5.74, 6) is -0.0128. The summed E-state index contributed by atoms with van der Waals surface area (Å²) in [6, 6.07) is 11.7. The smallest absolute Gasteiger partial charge is 0.280 e. The summed E-state index contributed by atoms with van der Waals surface area (Å²) in [5, 5.41) is 9.30. The van der Waals surface area contributed by atoms with Crippen LogP contribution < -0.4 is 18.9 Å². The van der Waals surface area contributed by atoms with E-state index < -0.39 is 10.0 Å². The molecule has 3 heterocycles. The number of ether oxygens (including phenoxy) is 4. The number of sulfonamides is 1. The van der Waals surface area contributed by atoms with E-state index in [0.717, 1.165) is 18.4 Å². The predicted molar refractivity (Wildman–Crippen MR) is 133 cm³/mol. The highest BCUT2D eigenvalue weighted by molar-refractivity contribution is 7.92. The summed E-state index contributed by atoms with van der Waals surface area (Å²) in [6.07, 6.45) is 3.04. The highest BCUT2D eigenvalue weighted by Crippen LogP contribution is 2.40. The number of hydrogen-bond acceptors (Lipinski definition) is 10. The molecule has 1 aromatic carbocycles. The molecule has 12 heteroatoms. The summed E-state index contributed by atoms with van der Waals surface area (Å²) in [4.78, 5) is 12.3. The van der Waals surface area contributed by atoms with Crippen LogP contribution in [0, 0.1) is 11.3 Å². The molecule has 11 nitrogen and oxygen atoms in total. The summed E-state index contributed by atoms with van der Waals surface area (Å²) in [5.41, 5.74) is 0.887. The number of nitrogens with one attached hydrogen (secondary N) is 1. The molecule has 0 aliphatic carbocycles. The van der Waals surface area contributed by atoms with E-state index in [1.807, 2.05) is 19.9 Å². The predicted octanol–water partition coefficient (Wildman–Crippen LogP) is 4.03. The van der Waals surface area contributed by atoms with Crippen LogP contribution in [0.2, 0.25) is 0 Å². The number of benzene rings is 1. The van der Waals surface area contributed by atoms with Crippen molar-refractivity contribution in [2.24, 2.45) is 0 Å². The van der Waals surface area contributed by atoms with Crippen LogP contribution in [0.1, 0.15) is 44.0 Å². The van der Waals surface area contributed by atoms with E-state index >= 15 is 0 Å². The van der Waals surface area contributed by atoms with E-state index in [1.54, 1.807) is 30.3 Å². The van der Waals surface area contributed by atoms with Crippen molar-refractivity contribution in [3.8, 4) is 29.2 Å². The molecular formula is C25H27N5O6S. The van der Waals surface area contributed by atoms with E-state index in [2.05, 4.69) is 19.7 Å². The maximum atomic E-state index is 13.2. The number of para-hydroxylation sites is 2. The molecular weight excluding hydrogens is 498 g/mol. The fourth-order valence-electron chi connectivity index (χ4n) is 3.57. The Hall–Kier alpha value is -3.95. The molecule has 1 aliphatic heterocycles. The van der Waals surface area contributed by atoms with E-state index in [0.29, 0.717) is 12.4 Å². The summed E-state index contributed by atoms with van der Waals surface area (Å²) in [6.45, 7) is 4.72. The maximum absolute atomic E-state index is 13.2. The monoisotopic (exact) mass is 525 g/mol. The molecule has 0 spiro atoms. The van der Waals surface area contributed by atoms with Crippen LogP contribution in [0.4, 0.5) is 5.82 Å². The van der Waals surface area contributed by atoms with Crippen LogP contribution in [0.15, 0.2) is 47.6 Å². The molecule has 0 amide bonds. The molecule has 1 aliphatic rings. The second-order valence-electron chi connectivity index (χ2n) is 8.53. The second-order valence-corrected chi connectivity index (χ2v) is 10.2. The first-order chi connectivity index (χ1) is 17.8. The van der Waals surface area contributed by atoms with Crippen molar-refractivity contribution in [2.45, 2.75) is 43.7 Å².